The molecule has 1 aliphatic carbocycles. The van der Waals surface area contributed by atoms with Crippen molar-refractivity contribution in [2.75, 3.05) is 13.8 Å². The van der Waals surface area contributed by atoms with Crippen LogP contribution in [0, 0.1) is 5.92 Å². The summed E-state index contributed by atoms with van der Waals surface area (Å²) in [6, 6.07) is 0.678. The molecule has 1 fully saturated rings. The zero-order valence-corrected chi connectivity index (χ0v) is 21.6. The molecular weight excluding hydrogens is 582 g/mol. The lowest BCUT2D eigenvalue weighted by Gasteiger charge is -2.18. The molecule has 1 amide bonds. The van der Waals surface area contributed by atoms with E-state index in [9.17, 15) is 39.6 Å². The van der Waals surface area contributed by atoms with Gasteiger partial charge in [-0.15, -0.1) is 0 Å². The third kappa shape index (κ3) is 5.09. The van der Waals surface area contributed by atoms with Crippen LogP contribution < -0.4 is 4.74 Å². The van der Waals surface area contributed by atoms with Crippen molar-refractivity contribution in [2.45, 2.75) is 26.2 Å². The number of carbonyl (C=O) groups excluding carboxylic acids is 1. The number of allylic oxidation sites excluding steroid dienone is 3. The first-order chi connectivity index (χ1) is 18.0. The second-order valence-corrected chi connectivity index (χ2v) is 10.7. The third-order valence-electron chi connectivity index (χ3n) is 5.71. The molecule has 4 rings (SSSR count). The molecule has 1 saturated heterocycles. The van der Waals surface area contributed by atoms with E-state index < -0.39 is 68.9 Å². The Morgan fingerprint density at radius 2 is 1.77 bits per heavy atom. The number of fused-ring (bicyclic) bond motifs is 1. The number of pyridine rings is 1. The van der Waals surface area contributed by atoms with Gasteiger partial charge in [-0.1, -0.05) is 17.2 Å². The fourth-order valence-corrected chi connectivity index (χ4v) is 5.63. The first-order valence-corrected chi connectivity index (χ1v) is 12.5. The standard InChI is InChI=1S/C22H17ClF6N4O5S/c1-10(2)13-5-12(37-3)6-15-18(13)20(34)32(39(15,35)36)9-38-17-7-16(22(27,28)29)31-33(17)19-14(21(24,25)26)4-11(23)8-30-19/h4-8,18H,9H2,1-3H3. The molecule has 0 bridgehead atoms. The molecule has 17 heteroatoms. The van der Waals surface area contributed by atoms with Crippen LogP contribution in [0.1, 0.15) is 25.1 Å². The highest BCUT2D eigenvalue weighted by Crippen LogP contribution is 2.43. The van der Waals surface area contributed by atoms with Crippen molar-refractivity contribution in [2.24, 2.45) is 5.92 Å². The van der Waals surface area contributed by atoms with Gasteiger partial charge in [0, 0.05) is 12.3 Å². The molecule has 2 aromatic rings. The van der Waals surface area contributed by atoms with E-state index in [1.54, 1.807) is 13.8 Å². The molecule has 0 radical (unpaired) electrons. The first kappa shape index (κ1) is 28.5. The summed E-state index contributed by atoms with van der Waals surface area (Å²) in [5.74, 6) is -4.20. The number of methoxy groups -OCH3 is 1. The summed E-state index contributed by atoms with van der Waals surface area (Å²) < 4.78 is 118. The lowest BCUT2D eigenvalue weighted by molar-refractivity contribution is -0.141. The van der Waals surface area contributed by atoms with E-state index in [1.165, 1.54) is 13.2 Å². The average Bonchev–Trinajstić information content (AvgIpc) is 3.34. The molecule has 0 saturated carbocycles. The first-order valence-electron chi connectivity index (χ1n) is 10.7. The number of alkyl halides is 6. The van der Waals surface area contributed by atoms with Gasteiger partial charge in [0.1, 0.15) is 17.2 Å². The monoisotopic (exact) mass is 598 g/mol. The van der Waals surface area contributed by atoms with Gasteiger partial charge in [-0.3, -0.25) is 4.79 Å². The van der Waals surface area contributed by atoms with Gasteiger partial charge < -0.3 is 9.47 Å². The van der Waals surface area contributed by atoms with Gasteiger partial charge in [-0.2, -0.15) is 40.4 Å². The normalized spacial score (nSPS) is 19.0. The van der Waals surface area contributed by atoms with E-state index >= 15 is 0 Å². The van der Waals surface area contributed by atoms with Crippen LogP contribution in [-0.2, 0) is 31.9 Å². The Labute approximate surface area is 222 Å². The number of sulfonamides is 1. The molecule has 1 unspecified atom stereocenters. The second-order valence-electron chi connectivity index (χ2n) is 8.45. The molecule has 39 heavy (non-hydrogen) atoms. The fourth-order valence-electron chi connectivity index (χ4n) is 3.90. The molecular formula is C22H17ClF6N4O5S. The van der Waals surface area contributed by atoms with Crippen molar-refractivity contribution < 1.29 is 49.0 Å². The van der Waals surface area contributed by atoms with Crippen LogP contribution in [0.25, 0.3) is 5.82 Å². The number of rotatable bonds is 5. The molecule has 2 aromatic heterocycles. The summed E-state index contributed by atoms with van der Waals surface area (Å²) in [6.07, 6.45) is -6.89. The van der Waals surface area contributed by atoms with Crippen molar-refractivity contribution in [1.82, 2.24) is 19.1 Å². The molecule has 3 heterocycles. The number of hydrogen-bond donors (Lipinski definition) is 0. The maximum Gasteiger partial charge on any atom is 0.435 e. The number of carbonyl (C=O) groups is 1. The molecule has 1 aliphatic heterocycles. The number of aromatic nitrogens is 3. The Balaban J connectivity index is 1.77. The molecule has 210 valence electrons. The largest absolute Gasteiger partial charge is 0.497 e. The Morgan fingerprint density at radius 1 is 1.10 bits per heavy atom. The van der Waals surface area contributed by atoms with E-state index in [-0.39, 0.29) is 25.7 Å². The topological polar surface area (TPSA) is 104 Å². The van der Waals surface area contributed by atoms with Crippen molar-refractivity contribution in [3.05, 3.63) is 68.6 Å². The zero-order chi connectivity index (χ0) is 29.1. The van der Waals surface area contributed by atoms with E-state index in [4.69, 9.17) is 21.1 Å². The van der Waals surface area contributed by atoms with E-state index in [0.29, 0.717) is 17.2 Å². The summed E-state index contributed by atoms with van der Waals surface area (Å²) in [5, 5.41) is 2.69. The fraction of sp³-hybridized carbons (Fsp3) is 0.318. The smallest absolute Gasteiger partial charge is 0.435 e. The molecule has 0 N–H and O–H groups in total. The number of halogens is 7. The van der Waals surface area contributed by atoms with Gasteiger partial charge >= 0.3 is 12.4 Å². The predicted molar refractivity (Wildman–Crippen MR) is 123 cm³/mol. The molecule has 1 atom stereocenters. The van der Waals surface area contributed by atoms with Gasteiger partial charge in [0.05, 0.1) is 17.0 Å². The number of amides is 1. The lowest BCUT2D eigenvalue weighted by atomic mass is 9.89. The van der Waals surface area contributed by atoms with Crippen LogP contribution in [0.4, 0.5) is 26.3 Å². The maximum absolute atomic E-state index is 13.6. The van der Waals surface area contributed by atoms with E-state index in [0.717, 1.165) is 12.3 Å². The highest BCUT2D eigenvalue weighted by Gasteiger charge is 2.51. The minimum Gasteiger partial charge on any atom is -0.497 e. The van der Waals surface area contributed by atoms with Crippen LogP contribution in [0.3, 0.4) is 0 Å². The zero-order valence-electron chi connectivity index (χ0n) is 20.1. The summed E-state index contributed by atoms with van der Waals surface area (Å²) in [7, 11) is -3.27. The summed E-state index contributed by atoms with van der Waals surface area (Å²) in [4.78, 5) is 16.3. The SMILES string of the molecule is COC1=CC(=C(C)C)C2C(=O)N(COc3cc(C(F)(F)F)nn3-c3ncc(Cl)cc3C(F)(F)F)S(=O)(=O)C2=C1. The minimum absolute atomic E-state index is 0.105. The second kappa shape index (κ2) is 9.59. The molecule has 0 aromatic carbocycles. The van der Waals surface area contributed by atoms with Crippen molar-refractivity contribution in [1.29, 1.82) is 0 Å². The quantitative estimate of drug-likeness (QED) is 0.454. The lowest BCUT2D eigenvalue weighted by Crippen LogP contribution is -2.34. The van der Waals surface area contributed by atoms with Crippen LogP contribution in [0.5, 0.6) is 5.88 Å². The van der Waals surface area contributed by atoms with Crippen LogP contribution in [0.2, 0.25) is 5.02 Å². The van der Waals surface area contributed by atoms with Gasteiger partial charge in [-0.25, -0.2) is 13.4 Å². The third-order valence-corrected chi connectivity index (χ3v) is 7.73. The van der Waals surface area contributed by atoms with Crippen molar-refractivity contribution >= 4 is 27.5 Å². The Hall–Kier alpha value is -3.53. The molecule has 2 aliphatic rings. The Bertz CT molecular complexity index is 1560. The predicted octanol–water partition coefficient (Wildman–Crippen LogP) is 4.85. The maximum atomic E-state index is 13.6. The summed E-state index contributed by atoms with van der Waals surface area (Å²) in [6.45, 7) is 2.09. The summed E-state index contributed by atoms with van der Waals surface area (Å²) in [5.41, 5.74) is -2.28. The van der Waals surface area contributed by atoms with Gasteiger partial charge in [0.2, 0.25) is 5.88 Å². The van der Waals surface area contributed by atoms with Crippen LogP contribution >= 0.6 is 11.6 Å². The van der Waals surface area contributed by atoms with Gasteiger partial charge in [-0.05, 0) is 37.6 Å². The minimum atomic E-state index is -5.12. The van der Waals surface area contributed by atoms with E-state index in [2.05, 4.69) is 10.1 Å². The average molecular weight is 599 g/mol. The molecule has 9 nitrogen and oxygen atoms in total. The van der Waals surface area contributed by atoms with Gasteiger partial charge in [0.15, 0.2) is 18.2 Å². The Morgan fingerprint density at radius 3 is 2.33 bits per heavy atom. The number of ether oxygens (including phenoxy) is 2. The number of nitrogens with zero attached hydrogens (tertiary/aromatic N) is 4. The van der Waals surface area contributed by atoms with Crippen LogP contribution in [0.15, 0.2) is 52.3 Å². The Kier molecular flexibility index (Phi) is 7.00. The highest BCUT2D eigenvalue weighted by molar-refractivity contribution is 7.94. The van der Waals surface area contributed by atoms with E-state index in [1.807, 2.05) is 0 Å². The number of hydrogen-bond acceptors (Lipinski definition) is 7. The van der Waals surface area contributed by atoms with Gasteiger partial charge in [0.25, 0.3) is 15.9 Å². The van der Waals surface area contributed by atoms with Crippen molar-refractivity contribution in [3.8, 4) is 11.7 Å². The van der Waals surface area contributed by atoms with Crippen LogP contribution in [-0.4, -0.2) is 47.2 Å². The van der Waals surface area contributed by atoms with Crippen molar-refractivity contribution in [3.63, 3.8) is 0 Å². The highest BCUT2D eigenvalue weighted by atomic mass is 35.5. The molecule has 0 spiro atoms. The summed E-state index contributed by atoms with van der Waals surface area (Å²) >= 11 is 5.60.